The molecule has 3 heteroatoms. The summed E-state index contributed by atoms with van der Waals surface area (Å²) in [6.45, 7) is 4.60. The predicted octanol–water partition coefficient (Wildman–Crippen LogP) is -0.700. The molecule has 2 aliphatic rings. The van der Waals surface area contributed by atoms with Gasteiger partial charge in [-0.2, -0.15) is 0 Å². The van der Waals surface area contributed by atoms with E-state index in [1.807, 2.05) is 0 Å². The summed E-state index contributed by atoms with van der Waals surface area (Å²) in [6, 6.07) is 1.39. The maximum Gasteiger partial charge on any atom is 0.0347 e. The average Bonchev–Trinajstić information content (AvgIpc) is 2.28. The molecule has 2 atom stereocenters. The fourth-order valence-electron chi connectivity index (χ4n) is 2.02. The van der Waals surface area contributed by atoms with Gasteiger partial charge >= 0.3 is 0 Å². The van der Waals surface area contributed by atoms with Crippen LogP contribution in [0.25, 0.3) is 0 Å². The van der Waals surface area contributed by atoms with Gasteiger partial charge in [0.2, 0.25) is 0 Å². The maximum absolute atomic E-state index is 3.56. The molecule has 2 unspecified atom stereocenters. The van der Waals surface area contributed by atoms with Crippen molar-refractivity contribution < 1.29 is 0 Å². The molecule has 0 aromatic rings. The van der Waals surface area contributed by atoms with Gasteiger partial charge in [-0.25, -0.2) is 0 Å². The molecule has 2 rings (SSSR count). The van der Waals surface area contributed by atoms with Gasteiger partial charge in [0.1, 0.15) is 0 Å². The monoisotopic (exact) mass is 155 g/mol. The third-order valence-corrected chi connectivity index (χ3v) is 2.66. The first-order chi connectivity index (χ1) is 5.47. The van der Waals surface area contributed by atoms with Crippen molar-refractivity contribution in [2.24, 2.45) is 0 Å². The van der Waals surface area contributed by atoms with Crippen molar-refractivity contribution in [2.75, 3.05) is 26.2 Å². The van der Waals surface area contributed by atoms with Crippen LogP contribution in [0, 0.1) is 0 Å². The van der Waals surface area contributed by atoms with E-state index in [0.29, 0.717) is 6.04 Å². The van der Waals surface area contributed by atoms with Gasteiger partial charge in [-0.3, -0.25) is 0 Å². The summed E-state index contributed by atoms with van der Waals surface area (Å²) in [7, 11) is 0. The average molecular weight is 155 g/mol. The Kier molecular flexibility index (Phi) is 2.41. The Morgan fingerprint density at radius 3 is 2.64 bits per heavy atom. The van der Waals surface area contributed by atoms with Crippen molar-refractivity contribution >= 4 is 0 Å². The van der Waals surface area contributed by atoms with Crippen LogP contribution in [0.1, 0.15) is 12.8 Å². The molecule has 0 aliphatic carbocycles. The van der Waals surface area contributed by atoms with Crippen LogP contribution in [-0.2, 0) is 0 Å². The van der Waals surface area contributed by atoms with E-state index in [-0.39, 0.29) is 0 Å². The van der Waals surface area contributed by atoms with E-state index < -0.39 is 0 Å². The smallest absolute Gasteiger partial charge is 0.0347 e. The molecule has 3 N–H and O–H groups in total. The topological polar surface area (TPSA) is 36.1 Å². The van der Waals surface area contributed by atoms with Gasteiger partial charge in [0.25, 0.3) is 0 Å². The lowest BCUT2D eigenvalue weighted by Crippen LogP contribution is -2.58. The van der Waals surface area contributed by atoms with E-state index in [1.165, 1.54) is 19.4 Å². The Labute approximate surface area is 67.9 Å². The van der Waals surface area contributed by atoms with Crippen LogP contribution in [0.15, 0.2) is 0 Å². The van der Waals surface area contributed by atoms with E-state index in [0.717, 1.165) is 25.7 Å². The van der Waals surface area contributed by atoms with Gasteiger partial charge in [-0.15, -0.1) is 0 Å². The second-order valence-corrected chi connectivity index (χ2v) is 3.47. The number of hydrogen-bond donors (Lipinski definition) is 3. The van der Waals surface area contributed by atoms with Crippen molar-refractivity contribution in [3.63, 3.8) is 0 Å². The zero-order valence-electron chi connectivity index (χ0n) is 6.90. The van der Waals surface area contributed by atoms with Gasteiger partial charge in [0.15, 0.2) is 0 Å². The Balaban J connectivity index is 1.93. The second-order valence-electron chi connectivity index (χ2n) is 3.47. The van der Waals surface area contributed by atoms with Crippen molar-refractivity contribution in [1.82, 2.24) is 16.0 Å². The number of piperazine rings is 1. The van der Waals surface area contributed by atoms with Gasteiger partial charge in [0.05, 0.1) is 0 Å². The molecular formula is C8H17N3. The van der Waals surface area contributed by atoms with E-state index >= 15 is 0 Å². The summed E-state index contributed by atoms with van der Waals surface area (Å²) in [4.78, 5) is 0. The Hall–Kier alpha value is -0.120. The molecule has 64 valence electrons. The van der Waals surface area contributed by atoms with Crippen LogP contribution in [0.5, 0.6) is 0 Å². The Morgan fingerprint density at radius 2 is 1.73 bits per heavy atom. The van der Waals surface area contributed by atoms with Crippen LogP contribution < -0.4 is 16.0 Å². The molecule has 0 bridgehead atoms. The van der Waals surface area contributed by atoms with Gasteiger partial charge in [-0.05, 0) is 19.4 Å². The molecule has 0 aromatic heterocycles. The molecule has 2 aliphatic heterocycles. The lowest BCUT2D eigenvalue weighted by Gasteiger charge is -2.31. The minimum absolute atomic E-state index is 0.672. The van der Waals surface area contributed by atoms with Crippen LogP contribution >= 0.6 is 0 Å². The molecule has 0 amide bonds. The van der Waals surface area contributed by atoms with Gasteiger partial charge in [-0.1, -0.05) is 0 Å². The normalized spacial score (nSPS) is 39.3. The zero-order chi connectivity index (χ0) is 7.52. The summed E-state index contributed by atoms with van der Waals surface area (Å²) < 4.78 is 0. The molecule has 2 fully saturated rings. The SMILES string of the molecule is C1CNCC2NCCNC2C1. The number of rotatable bonds is 0. The van der Waals surface area contributed by atoms with Crippen molar-refractivity contribution in [2.45, 2.75) is 24.9 Å². The van der Waals surface area contributed by atoms with Crippen LogP contribution in [-0.4, -0.2) is 38.3 Å². The highest BCUT2D eigenvalue weighted by molar-refractivity contribution is 4.90. The van der Waals surface area contributed by atoms with E-state index in [9.17, 15) is 0 Å². The number of hydrogen-bond acceptors (Lipinski definition) is 3. The lowest BCUT2D eigenvalue weighted by atomic mass is 10.0. The maximum atomic E-state index is 3.56. The summed E-state index contributed by atoms with van der Waals surface area (Å²) in [5, 5.41) is 10.5. The summed E-state index contributed by atoms with van der Waals surface area (Å²) in [6.07, 6.45) is 2.64. The number of fused-ring (bicyclic) bond motifs is 1. The highest BCUT2D eigenvalue weighted by Gasteiger charge is 2.24. The minimum atomic E-state index is 0.672. The molecule has 0 saturated carbocycles. The molecule has 2 heterocycles. The van der Waals surface area contributed by atoms with Crippen LogP contribution in [0.3, 0.4) is 0 Å². The first-order valence-corrected chi connectivity index (χ1v) is 4.64. The molecule has 2 saturated heterocycles. The van der Waals surface area contributed by atoms with Gasteiger partial charge < -0.3 is 16.0 Å². The molecule has 0 radical (unpaired) electrons. The molecule has 0 aromatic carbocycles. The van der Waals surface area contributed by atoms with Crippen molar-refractivity contribution in [3.8, 4) is 0 Å². The Morgan fingerprint density at radius 1 is 0.909 bits per heavy atom. The first-order valence-electron chi connectivity index (χ1n) is 4.64. The highest BCUT2D eigenvalue weighted by Crippen LogP contribution is 2.07. The standard InChI is InChI=1S/C8H17N3/c1-2-7-8(6-9-3-1)11-5-4-10-7/h7-11H,1-6H2. The Bertz CT molecular complexity index is 113. The predicted molar refractivity (Wildman–Crippen MR) is 45.7 cm³/mol. The summed E-state index contributed by atoms with van der Waals surface area (Å²) in [5.74, 6) is 0. The molecule has 11 heavy (non-hydrogen) atoms. The quantitative estimate of drug-likeness (QED) is 0.433. The molecular weight excluding hydrogens is 138 g/mol. The van der Waals surface area contributed by atoms with Crippen LogP contribution in [0.4, 0.5) is 0 Å². The van der Waals surface area contributed by atoms with Crippen molar-refractivity contribution in [3.05, 3.63) is 0 Å². The summed E-state index contributed by atoms with van der Waals surface area (Å²) in [5.41, 5.74) is 0. The van der Waals surface area contributed by atoms with Crippen LogP contribution in [0.2, 0.25) is 0 Å². The van der Waals surface area contributed by atoms with Gasteiger partial charge in [0, 0.05) is 31.7 Å². The first kappa shape index (κ1) is 7.53. The lowest BCUT2D eigenvalue weighted by molar-refractivity contribution is 0.318. The second kappa shape index (κ2) is 3.52. The largest absolute Gasteiger partial charge is 0.315 e. The fourth-order valence-corrected chi connectivity index (χ4v) is 2.02. The fraction of sp³-hybridized carbons (Fsp3) is 1.00. The van der Waals surface area contributed by atoms with E-state index in [1.54, 1.807) is 0 Å². The minimum Gasteiger partial charge on any atom is -0.315 e. The highest BCUT2D eigenvalue weighted by atomic mass is 15.1. The molecule has 0 spiro atoms. The third-order valence-electron chi connectivity index (χ3n) is 2.66. The molecule has 3 nitrogen and oxygen atoms in total. The summed E-state index contributed by atoms with van der Waals surface area (Å²) >= 11 is 0. The number of nitrogens with one attached hydrogen (secondary N) is 3. The third kappa shape index (κ3) is 1.72. The van der Waals surface area contributed by atoms with Crippen molar-refractivity contribution in [1.29, 1.82) is 0 Å². The zero-order valence-corrected chi connectivity index (χ0v) is 6.90. The van der Waals surface area contributed by atoms with E-state index in [4.69, 9.17) is 0 Å². The van der Waals surface area contributed by atoms with E-state index in [2.05, 4.69) is 16.0 Å².